The number of amides is 1. The average molecular weight is 333 g/mol. The Balaban J connectivity index is 1.79. The molecule has 0 N–H and O–H groups in total. The first-order chi connectivity index (χ1) is 11.7. The summed E-state index contributed by atoms with van der Waals surface area (Å²) >= 11 is 0. The summed E-state index contributed by atoms with van der Waals surface area (Å²) in [7, 11) is 0. The number of nitrogens with zero attached hydrogens (tertiary/aromatic N) is 2. The van der Waals surface area contributed by atoms with E-state index < -0.39 is 0 Å². The molecule has 3 heteroatoms. The smallest absolute Gasteiger partial charge is 0.250 e. The third-order valence-electron chi connectivity index (χ3n) is 6.86. The van der Waals surface area contributed by atoms with Crippen molar-refractivity contribution in [3.63, 3.8) is 0 Å². The van der Waals surface area contributed by atoms with Crippen LogP contribution in [0.3, 0.4) is 0 Å². The van der Waals surface area contributed by atoms with Crippen molar-refractivity contribution in [2.24, 2.45) is 11.8 Å². The molecule has 2 saturated carbocycles. The van der Waals surface area contributed by atoms with Crippen LogP contribution in [0.25, 0.3) is 0 Å². The fourth-order valence-corrected chi connectivity index (χ4v) is 5.49. The van der Waals surface area contributed by atoms with Crippen LogP contribution in [0.2, 0.25) is 0 Å². The van der Waals surface area contributed by atoms with Gasteiger partial charge in [-0.3, -0.25) is 4.79 Å². The number of likely N-dealkylation sites (N-methyl/N-ethyl adjacent to an activating group) is 1. The molecule has 0 aromatic heterocycles. The average Bonchev–Trinajstić information content (AvgIpc) is 2.63. The standard InChI is InChI=1S/C21H36N2O/c1-4-22(5-2)18-13-12-17-14-19(16-10-8-7-9-11-16)21(24)23(6-3)20(17)15-18/h14,16-18,20H,4-13,15H2,1-3H3. The molecule has 3 unspecified atom stereocenters. The summed E-state index contributed by atoms with van der Waals surface area (Å²) in [6, 6.07) is 1.10. The van der Waals surface area contributed by atoms with E-state index in [0.29, 0.717) is 29.8 Å². The number of hydrogen-bond donors (Lipinski definition) is 0. The number of carbonyl (C=O) groups is 1. The lowest BCUT2D eigenvalue weighted by atomic mass is 9.73. The number of carbonyl (C=O) groups excluding carboxylic acids is 1. The lowest BCUT2D eigenvalue weighted by molar-refractivity contribution is -0.133. The topological polar surface area (TPSA) is 23.6 Å². The van der Waals surface area contributed by atoms with Crippen molar-refractivity contribution in [1.82, 2.24) is 9.80 Å². The van der Waals surface area contributed by atoms with Gasteiger partial charge in [0.1, 0.15) is 0 Å². The van der Waals surface area contributed by atoms with E-state index in [0.717, 1.165) is 19.6 Å². The second-order valence-corrected chi connectivity index (χ2v) is 7.97. The van der Waals surface area contributed by atoms with Gasteiger partial charge in [0, 0.05) is 24.2 Å². The van der Waals surface area contributed by atoms with Gasteiger partial charge in [0.2, 0.25) is 5.91 Å². The van der Waals surface area contributed by atoms with Gasteiger partial charge >= 0.3 is 0 Å². The van der Waals surface area contributed by atoms with Crippen LogP contribution in [-0.4, -0.2) is 47.4 Å². The van der Waals surface area contributed by atoms with Crippen molar-refractivity contribution in [2.45, 2.75) is 84.2 Å². The van der Waals surface area contributed by atoms with E-state index in [-0.39, 0.29) is 0 Å². The highest BCUT2D eigenvalue weighted by Crippen LogP contribution is 2.40. The van der Waals surface area contributed by atoms with E-state index in [4.69, 9.17) is 0 Å². The van der Waals surface area contributed by atoms with Gasteiger partial charge < -0.3 is 9.80 Å². The highest BCUT2D eigenvalue weighted by atomic mass is 16.2. The van der Waals surface area contributed by atoms with E-state index in [9.17, 15) is 4.79 Å². The van der Waals surface area contributed by atoms with E-state index >= 15 is 0 Å². The van der Waals surface area contributed by atoms with Crippen molar-refractivity contribution in [1.29, 1.82) is 0 Å². The molecule has 0 radical (unpaired) electrons. The van der Waals surface area contributed by atoms with Gasteiger partial charge in [0.15, 0.2) is 0 Å². The fourth-order valence-electron chi connectivity index (χ4n) is 5.49. The molecule has 0 aromatic rings. The van der Waals surface area contributed by atoms with Crippen LogP contribution in [0, 0.1) is 11.8 Å². The highest BCUT2D eigenvalue weighted by Gasteiger charge is 2.42. The minimum atomic E-state index is 0.367. The third kappa shape index (κ3) is 3.42. The Morgan fingerprint density at radius 1 is 1.04 bits per heavy atom. The Labute approximate surface area is 148 Å². The van der Waals surface area contributed by atoms with Crippen LogP contribution < -0.4 is 0 Å². The molecule has 0 bridgehead atoms. The van der Waals surface area contributed by atoms with Gasteiger partial charge in [0.25, 0.3) is 0 Å². The zero-order valence-corrected chi connectivity index (χ0v) is 16.0. The van der Waals surface area contributed by atoms with Gasteiger partial charge in [-0.1, -0.05) is 39.2 Å². The molecule has 3 aliphatic rings. The number of hydrogen-bond acceptors (Lipinski definition) is 2. The molecule has 1 amide bonds. The van der Waals surface area contributed by atoms with Crippen LogP contribution in [0.15, 0.2) is 11.6 Å². The van der Waals surface area contributed by atoms with E-state index in [1.807, 2.05) is 0 Å². The molecule has 24 heavy (non-hydrogen) atoms. The van der Waals surface area contributed by atoms with Crippen molar-refractivity contribution in [3.05, 3.63) is 11.6 Å². The second kappa shape index (κ2) is 8.03. The van der Waals surface area contributed by atoms with Crippen LogP contribution in [-0.2, 0) is 4.79 Å². The van der Waals surface area contributed by atoms with E-state index in [1.54, 1.807) is 0 Å². The normalized spacial score (nSPS) is 32.0. The Kier molecular flexibility index (Phi) is 6.02. The van der Waals surface area contributed by atoms with Gasteiger partial charge in [-0.25, -0.2) is 0 Å². The van der Waals surface area contributed by atoms with E-state index in [1.165, 1.54) is 56.9 Å². The Bertz CT molecular complexity index is 462. The molecule has 0 aromatic carbocycles. The number of fused-ring (bicyclic) bond motifs is 1. The maximum atomic E-state index is 13.2. The maximum Gasteiger partial charge on any atom is 0.250 e. The first-order valence-electron chi connectivity index (χ1n) is 10.5. The predicted molar refractivity (Wildman–Crippen MR) is 99.9 cm³/mol. The first-order valence-corrected chi connectivity index (χ1v) is 10.5. The van der Waals surface area contributed by atoms with Gasteiger partial charge in [-0.15, -0.1) is 0 Å². The molecular weight excluding hydrogens is 296 g/mol. The molecule has 136 valence electrons. The zero-order chi connectivity index (χ0) is 17.1. The van der Waals surface area contributed by atoms with Crippen molar-refractivity contribution in [2.75, 3.05) is 19.6 Å². The molecule has 1 aliphatic heterocycles. The minimum Gasteiger partial charge on any atom is -0.336 e. The van der Waals surface area contributed by atoms with Crippen molar-refractivity contribution >= 4 is 5.91 Å². The summed E-state index contributed by atoms with van der Waals surface area (Å²) in [5.41, 5.74) is 1.18. The molecule has 0 saturated heterocycles. The summed E-state index contributed by atoms with van der Waals surface area (Å²) in [5, 5.41) is 0. The zero-order valence-electron chi connectivity index (χ0n) is 16.0. The van der Waals surface area contributed by atoms with E-state index in [2.05, 4.69) is 36.6 Å². The molecule has 3 nitrogen and oxygen atoms in total. The van der Waals surface area contributed by atoms with Gasteiger partial charge in [-0.05, 0) is 64.0 Å². The third-order valence-corrected chi connectivity index (χ3v) is 6.86. The van der Waals surface area contributed by atoms with Crippen molar-refractivity contribution in [3.8, 4) is 0 Å². The molecule has 1 heterocycles. The lowest BCUT2D eigenvalue weighted by Gasteiger charge is -2.48. The molecular formula is C21H36N2O. The van der Waals surface area contributed by atoms with Crippen LogP contribution >= 0.6 is 0 Å². The SMILES string of the molecule is CCN(CC)C1CCC2C=C(C3CCCCC3)C(=O)N(CC)C2C1. The quantitative estimate of drug-likeness (QED) is 0.752. The predicted octanol–water partition coefficient (Wildman–Crippen LogP) is 4.23. The monoisotopic (exact) mass is 332 g/mol. The summed E-state index contributed by atoms with van der Waals surface area (Å²) in [5.74, 6) is 1.51. The fraction of sp³-hybridized carbons (Fsp3) is 0.857. The summed E-state index contributed by atoms with van der Waals surface area (Å²) < 4.78 is 0. The highest BCUT2D eigenvalue weighted by molar-refractivity contribution is 5.95. The molecule has 2 fully saturated rings. The summed E-state index contributed by atoms with van der Waals surface area (Å²) in [4.78, 5) is 18.0. The largest absolute Gasteiger partial charge is 0.336 e. The minimum absolute atomic E-state index is 0.367. The molecule has 2 aliphatic carbocycles. The second-order valence-electron chi connectivity index (χ2n) is 7.97. The van der Waals surface area contributed by atoms with Crippen LogP contribution in [0.1, 0.15) is 72.1 Å². The van der Waals surface area contributed by atoms with Crippen molar-refractivity contribution < 1.29 is 4.79 Å². The summed E-state index contributed by atoms with van der Waals surface area (Å²) in [6.07, 6.45) is 12.6. The van der Waals surface area contributed by atoms with Crippen LogP contribution in [0.5, 0.6) is 0 Å². The molecule has 3 atom stereocenters. The van der Waals surface area contributed by atoms with Gasteiger partial charge in [-0.2, -0.15) is 0 Å². The molecule has 0 spiro atoms. The van der Waals surface area contributed by atoms with Gasteiger partial charge in [0.05, 0.1) is 0 Å². The maximum absolute atomic E-state index is 13.2. The first kappa shape index (κ1) is 18.0. The Morgan fingerprint density at radius 2 is 1.75 bits per heavy atom. The Morgan fingerprint density at radius 3 is 2.38 bits per heavy atom. The van der Waals surface area contributed by atoms with Crippen LogP contribution in [0.4, 0.5) is 0 Å². The summed E-state index contributed by atoms with van der Waals surface area (Å²) in [6.45, 7) is 9.82. The lowest BCUT2D eigenvalue weighted by Crippen LogP contribution is -2.54. The Hall–Kier alpha value is -0.830. The number of rotatable bonds is 5. The molecule has 3 rings (SSSR count).